The molecule has 54 heavy (non-hydrogen) atoms. The molecule has 6 rings (SSSR count). The average molecular weight is 763 g/mol. The molecule has 2 aliphatic heterocycles. The summed E-state index contributed by atoms with van der Waals surface area (Å²) in [6.45, 7) is 9.20. The van der Waals surface area contributed by atoms with Gasteiger partial charge in [0, 0.05) is 37.1 Å². The molecule has 5 amide bonds. The fourth-order valence-electron chi connectivity index (χ4n) is 6.15. The summed E-state index contributed by atoms with van der Waals surface area (Å²) < 4.78 is 93.5. The lowest BCUT2D eigenvalue weighted by Crippen LogP contribution is -2.45. The van der Waals surface area contributed by atoms with Crippen LogP contribution < -0.4 is 20.7 Å². The molecule has 2 aromatic carbocycles. The third-order valence-electron chi connectivity index (χ3n) is 9.08. The van der Waals surface area contributed by atoms with Crippen LogP contribution in [0, 0.1) is 0 Å². The summed E-state index contributed by atoms with van der Waals surface area (Å²) in [7, 11) is 0. The van der Waals surface area contributed by atoms with Gasteiger partial charge in [-0.3, -0.25) is 20.4 Å². The smallest absolute Gasteiger partial charge is 0.359 e. The second kappa shape index (κ2) is 13.6. The first kappa shape index (κ1) is 38.0. The maximum Gasteiger partial charge on any atom is 0.416 e. The summed E-state index contributed by atoms with van der Waals surface area (Å²) in [6, 6.07) is 8.59. The van der Waals surface area contributed by atoms with Gasteiger partial charge < -0.3 is 9.05 Å². The lowest BCUT2D eigenvalue weighted by Gasteiger charge is -2.32. The normalized spacial score (nSPS) is 15.7. The molecule has 0 aliphatic carbocycles. The van der Waals surface area contributed by atoms with Crippen LogP contribution in [-0.4, -0.2) is 57.9 Å². The fourth-order valence-corrected chi connectivity index (χ4v) is 6.15. The number of nitrogens with one attached hydrogen (secondary N) is 2. The van der Waals surface area contributed by atoms with Crippen LogP contribution in [0.1, 0.15) is 75.7 Å². The molecule has 2 aliphatic rings. The van der Waals surface area contributed by atoms with Gasteiger partial charge in [-0.2, -0.15) is 26.3 Å². The number of amides is 5. The minimum atomic E-state index is -4.79. The number of carbonyl (C=O) groups is 3. The Morgan fingerprint density at radius 1 is 0.685 bits per heavy atom. The molecule has 4 aromatic rings. The maximum absolute atomic E-state index is 14.5. The number of benzene rings is 2. The number of alkyl halides is 6. The van der Waals surface area contributed by atoms with Crippen molar-refractivity contribution < 1.29 is 49.8 Å². The van der Waals surface area contributed by atoms with Crippen molar-refractivity contribution in [3.05, 3.63) is 82.8 Å². The molecule has 13 nitrogen and oxygen atoms in total. The number of aromatic nitrogens is 2. The molecule has 2 N–H and O–H groups in total. The van der Waals surface area contributed by atoms with E-state index in [4.69, 9.17) is 9.05 Å². The van der Waals surface area contributed by atoms with Crippen LogP contribution >= 0.6 is 0 Å². The van der Waals surface area contributed by atoms with Gasteiger partial charge >= 0.3 is 24.4 Å². The van der Waals surface area contributed by atoms with Crippen LogP contribution in [0.3, 0.4) is 0 Å². The summed E-state index contributed by atoms with van der Waals surface area (Å²) >= 11 is 0. The molecule has 0 spiro atoms. The van der Waals surface area contributed by atoms with Crippen LogP contribution in [-0.2, 0) is 28.0 Å². The molecular weight excluding hydrogens is 726 g/mol. The van der Waals surface area contributed by atoms with Crippen molar-refractivity contribution >= 4 is 41.0 Å². The Bertz CT molecular complexity index is 2050. The van der Waals surface area contributed by atoms with Crippen LogP contribution in [0.15, 0.2) is 63.6 Å². The zero-order valence-corrected chi connectivity index (χ0v) is 29.7. The number of hydrogen-bond acceptors (Lipinski definition) is 8. The first-order valence-electron chi connectivity index (χ1n) is 16.8. The van der Waals surface area contributed by atoms with E-state index in [0.717, 1.165) is 40.3 Å². The Kier molecular flexibility index (Phi) is 9.56. The van der Waals surface area contributed by atoms with E-state index in [1.54, 1.807) is 11.1 Å². The highest BCUT2D eigenvalue weighted by atomic mass is 19.4. The molecule has 0 saturated carbocycles. The van der Waals surface area contributed by atoms with Crippen molar-refractivity contribution in [1.82, 2.24) is 20.3 Å². The fraction of sp³-hybridized carbons (Fsp3) is 0.400. The minimum Gasteiger partial charge on any atom is -0.359 e. The first-order valence-corrected chi connectivity index (χ1v) is 16.8. The van der Waals surface area contributed by atoms with Crippen molar-refractivity contribution in [2.75, 3.05) is 40.3 Å². The van der Waals surface area contributed by atoms with Crippen molar-refractivity contribution in [2.24, 2.45) is 0 Å². The third kappa shape index (κ3) is 7.52. The zero-order chi connectivity index (χ0) is 39.4. The third-order valence-corrected chi connectivity index (χ3v) is 9.08. The number of nitrogens with zero attached hydrogens (tertiary/aromatic N) is 6. The Labute approximate surface area is 304 Å². The van der Waals surface area contributed by atoms with Gasteiger partial charge in [-0.15, -0.1) is 0 Å². The lowest BCUT2D eigenvalue weighted by molar-refractivity contribution is -0.139. The van der Waals surface area contributed by atoms with Crippen molar-refractivity contribution in [2.45, 2.75) is 70.6 Å². The van der Waals surface area contributed by atoms with Gasteiger partial charge in [0.15, 0.2) is 11.6 Å². The van der Waals surface area contributed by atoms with Crippen LogP contribution in [0.4, 0.5) is 58.9 Å². The van der Waals surface area contributed by atoms with E-state index in [1.807, 2.05) is 20.8 Å². The molecule has 0 unspecified atom stereocenters. The molecular formula is C35H36F6N8O5. The number of carbonyl (C=O) groups excluding carboxylic acids is 3. The molecule has 0 radical (unpaired) electrons. The minimum absolute atomic E-state index is 0.0176. The van der Waals surface area contributed by atoms with Crippen molar-refractivity contribution in [3.8, 4) is 0 Å². The monoisotopic (exact) mass is 762 g/mol. The maximum atomic E-state index is 14.5. The van der Waals surface area contributed by atoms with E-state index in [0.29, 0.717) is 24.4 Å². The highest BCUT2D eigenvalue weighted by Gasteiger charge is 2.42. The van der Waals surface area contributed by atoms with Crippen molar-refractivity contribution in [3.63, 3.8) is 0 Å². The largest absolute Gasteiger partial charge is 0.416 e. The lowest BCUT2D eigenvalue weighted by atomic mass is 9.79. The number of halogens is 6. The van der Waals surface area contributed by atoms with E-state index >= 15 is 0 Å². The number of hydrogen-bond donors (Lipinski definition) is 2. The molecule has 0 bridgehead atoms. The summed E-state index contributed by atoms with van der Waals surface area (Å²) in [5.41, 5.74) is -3.67. The Morgan fingerprint density at radius 3 is 1.83 bits per heavy atom. The predicted octanol–water partition coefficient (Wildman–Crippen LogP) is 8.17. The molecule has 2 aromatic heterocycles. The molecule has 0 atom stereocenters. The standard InChI is InChI=1S/C35H36F6N8O5/c1-32(2,3)25-18-27(44-53-25)42-30(51)47-15-6-14-46(47)22-11-12-23(35(39,40)41)24(17-22)33(4,5)26-19-28(45-54-26)43-31(52)48-16-13-29(50)49(48)21-9-7-20(8-10-21)34(36,37)38/h7-12,17-19H,6,13-16H2,1-5H3,(H,42,44,51)(H,43,45,52). The van der Waals surface area contributed by atoms with Gasteiger partial charge in [0.05, 0.1) is 34.5 Å². The van der Waals surface area contributed by atoms with Gasteiger partial charge in [-0.25, -0.2) is 24.6 Å². The van der Waals surface area contributed by atoms with E-state index < -0.39 is 46.9 Å². The Morgan fingerprint density at radius 2 is 1.26 bits per heavy atom. The highest BCUT2D eigenvalue weighted by molar-refractivity contribution is 6.01. The average Bonchev–Trinajstić information content (AvgIpc) is 3.91. The van der Waals surface area contributed by atoms with E-state index in [9.17, 15) is 40.7 Å². The topological polar surface area (TPSA) is 140 Å². The first-order chi connectivity index (χ1) is 25.1. The van der Waals surface area contributed by atoms with Gasteiger partial charge in [0.2, 0.25) is 5.91 Å². The SMILES string of the molecule is CC(C)(C)c1cc(NC(=O)N2CCCN2c2ccc(C(F)(F)F)c(C(C)(C)c3cc(NC(=O)N4CCC(=O)N4c4ccc(C(F)(F)F)cc4)no3)c2)no1. The molecule has 2 saturated heterocycles. The Balaban J connectivity index is 1.22. The van der Waals surface area contributed by atoms with Gasteiger partial charge in [0.1, 0.15) is 11.5 Å². The molecule has 4 heterocycles. The summed E-state index contributed by atoms with van der Waals surface area (Å²) in [4.78, 5) is 39.3. The van der Waals surface area contributed by atoms with E-state index in [-0.39, 0.29) is 53.6 Å². The van der Waals surface area contributed by atoms with E-state index in [1.165, 1.54) is 37.1 Å². The summed E-state index contributed by atoms with van der Waals surface area (Å²) in [5.74, 6) is -0.0677. The second-order valence-electron chi connectivity index (χ2n) is 14.3. The second-order valence-corrected chi connectivity index (χ2v) is 14.3. The zero-order valence-electron chi connectivity index (χ0n) is 29.7. The predicted molar refractivity (Wildman–Crippen MR) is 182 cm³/mol. The van der Waals surface area contributed by atoms with Gasteiger partial charge in [-0.1, -0.05) is 31.1 Å². The van der Waals surface area contributed by atoms with Crippen molar-refractivity contribution in [1.29, 1.82) is 0 Å². The highest BCUT2D eigenvalue weighted by Crippen LogP contribution is 2.43. The molecule has 2 fully saturated rings. The van der Waals surface area contributed by atoms with Gasteiger partial charge in [-0.05, 0) is 68.3 Å². The number of anilines is 4. The van der Waals surface area contributed by atoms with Crippen LogP contribution in [0.2, 0.25) is 0 Å². The number of rotatable bonds is 6. The quantitative estimate of drug-likeness (QED) is 0.188. The van der Waals surface area contributed by atoms with Crippen LogP contribution in [0.5, 0.6) is 0 Å². The number of hydrazine groups is 2. The number of urea groups is 2. The summed E-state index contributed by atoms with van der Waals surface area (Å²) in [5, 5.41) is 17.7. The summed E-state index contributed by atoms with van der Waals surface area (Å²) in [6.07, 6.45) is -8.97. The molecule has 19 heteroatoms. The van der Waals surface area contributed by atoms with Gasteiger partial charge in [0.25, 0.3) is 0 Å². The van der Waals surface area contributed by atoms with Crippen LogP contribution in [0.25, 0.3) is 0 Å². The molecule has 288 valence electrons. The Hall–Kier alpha value is -5.75. The van der Waals surface area contributed by atoms with E-state index in [2.05, 4.69) is 20.9 Å².